The standard InChI is InChI=1S/C14H10ClF2NO2/c15-10-5-4-8(6-13(10)19)18-14(20)7-9-11(16)2-1-3-12(9)17/h1-6,19H,7H2,(H,18,20). The molecule has 104 valence electrons. The van der Waals surface area contributed by atoms with Gasteiger partial charge < -0.3 is 10.4 Å². The van der Waals surface area contributed by atoms with Crippen LogP contribution in [0.1, 0.15) is 5.56 Å². The Morgan fingerprint density at radius 1 is 1.20 bits per heavy atom. The Labute approximate surface area is 118 Å². The molecule has 2 aromatic rings. The van der Waals surface area contributed by atoms with Crippen molar-refractivity contribution < 1.29 is 18.7 Å². The van der Waals surface area contributed by atoms with Crippen molar-refractivity contribution in [3.63, 3.8) is 0 Å². The van der Waals surface area contributed by atoms with Crippen LogP contribution >= 0.6 is 11.6 Å². The summed E-state index contributed by atoms with van der Waals surface area (Å²) in [5.74, 6) is -2.35. The van der Waals surface area contributed by atoms with E-state index in [0.717, 1.165) is 12.1 Å². The average molecular weight is 298 g/mol. The number of hydrogen-bond acceptors (Lipinski definition) is 2. The van der Waals surface area contributed by atoms with Crippen LogP contribution < -0.4 is 5.32 Å². The molecule has 0 saturated heterocycles. The largest absolute Gasteiger partial charge is 0.506 e. The summed E-state index contributed by atoms with van der Waals surface area (Å²) in [6.07, 6.45) is -0.443. The van der Waals surface area contributed by atoms with E-state index in [-0.39, 0.29) is 22.0 Å². The fourth-order valence-electron chi connectivity index (χ4n) is 1.66. The highest BCUT2D eigenvalue weighted by atomic mass is 35.5. The van der Waals surface area contributed by atoms with Crippen LogP contribution in [0.3, 0.4) is 0 Å². The van der Waals surface area contributed by atoms with Gasteiger partial charge in [-0.05, 0) is 24.3 Å². The maximum Gasteiger partial charge on any atom is 0.229 e. The number of phenols is 1. The van der Waals surface area contributed by atoms with E-state index < -0.39 is 24.0 Å². The molecule has 0 atom stereocenters. The highest BCUT2D eigenvalue weighted by Gasteiger charge is 2.13. The molecule has 0 spiro atoms. The van der Waals surface area contributed by atoms with Crippen LogP contribution in [0.2, 0.25) is 5.02 Å². The van der Waals surface area contributed by atoms with Gasteiger partial charge in [-0.25, -0.2) is 8.78 Å². The summed E-state index contributed by atoms with van der Waals surface area (Å²) in [7, 11) is 0. The van der Waals surface area contributed by atoms with E-state index in [1.807, 2.05) is 0 Å². The zero-order valence-corrected chi connectivity index (χ0v) is 10.9. The average Bonchev–Trinajstić information content (AvgIpc) is 2.38. The van der Waals surface area contributed by atoms with Crippen LogP contribution in [0.15, 0.2) is 36.4 Å². The molecule has 0 radical (unpaired) electrons. The third kappa shape index (κ3) is 3.24. The van der Waals surface area contributed by atoms with E-state index in [2.05, 4.69) is 5.32 Å². The molecule has 0 aromatic heterocycles. The molecule has 2 rings (SSSR count). The first-order valence-corrected chi connectivity index (χ1v) is 6.06. The molecule has 0 aliphatic carbocycles. The number of carbonyl (C=O) groups excluding carboxylic acids is 1. The van der Waals surface area contributed by atoms with E-state index in [1.165, 1.54) is 24.3 Å². The highest BCUT2D eigenvalue weighted by Crippen LogP contribution is 2.26. The molecular formula is C14H10ClF2NO2. The Hall–Kier alpha value is -2.14. The SMILES string of the molecule is O=C(Cc1c(F)cccc1F)Nc1ccc(Cl)c(O)c1. The number of hydrogen-bond donors (Lipinski definition) is 2. The third-order valence-corrected chi connectivity index (χ3v) is 2.95. The molecule has 0 aliphatic rings. The minimum absolute atomic E-state index is 0.142. The van der Waals surface area contributed by atoms with Crippen LogP contribution in [-0.2, 0) is 11.2 Å². The van der Waals surface area contributed by atoms with E-state index in [9.17, 15) is 18.7 Å². The minimum atomic E-state index is -0.779. The quantitative estimate of drug-likeness (QED) is 0.911. The Morgan fingerprint density at radius 3 is 2.45 bits per heavy atom. The molecule has 20 heavy (non-hydrogen) atoms. The van der Waals surface area contributed by atoms with Gasteiger partial charge in [-0.15, -0.1) is 0 Å². The first kappa shape index (κ1) is 14.3. The van der Waals surface area contributed by atoms with Gasteiger partial charge in [-0.1, -0.05) is 17.7 Å². The zero-order valence-electron chi connectivity index (χ0n) is 10.2. The fraction of sp³-hybridized carbons (Fsp3) is 0.0714. The second kappa shape index (κ2) is 5.88. The van der Waals surface area contributed by atoms with Gasteiger partial charge in [0.15, 0.2) is 0 Å². The lowest BCUT2D eigenvalue weighted by Crippen LogP contribution is -2.16. The summed E-state index contributed by atoms with van der Waals surface area (Å²) in [6.45, 7) is 0. The number of rotatable bonds is 3. The van der Waals surface area contributed by atoms with Crippen molar-refractivity contribution in [3.05, 3.63) is 58.6 Å². The Bertz CT molecular complexity index is 641. The molecule has 3 nitrogen and oxygen atoms in total. The number of phenolic OH excluding ortho intramolecular Hbond substituents is 1. The van der Waals surface area contributed by atoms with Crippen LogP contribution in [0, 0.1) is 11.6 Å². The second-order valence-electron chi connectivity index (χ2n) is 4.09. The van der Waals surface area contributed by atoms with Crippen molar-refractivity contribution >= 4 is 23.2 Å². The van der Waals surface area contributed by atoms with E-state index in [0.29, 0.717) is 0 Å². The van der Waals surface area contributed by atoms with Crippen molar-refractivity contribution in [1.82, 2.24) is 0 Å². The molecule has 0 bridgehead atoms. The van der Waals surface area contributed by atoms with Crippen LogP contribution in [0.25, 0.3) is 0 Å². The summed E-state index contributed by atoms with van der Waals surface area (Å²) in [5, 5.41) is 12.0. The molecule has 0 aliphatic heterocycles. The molecule has 0 unspecified atom stereocenters. The van der Waals surface area contributed by atoms with E-state index in [1.54, 1.807) is 0 Å². The predicted octanol–water partition coefficient (Wildman–Crippen LogP) is 3.51. The molecular weight excluding hydrogens is 288 g/mol. The molecule has 2 aromatic carbocycles. The van der Waals surface area contributed by atoms with Gasteiger partial charge in [0, 0.05) is 17.3 Å². The van der Waals surface area contributed by atoms with E-state index in [4.69, 9.17) is 11.6 Å². The Kier molecular flexibility index (Phi) is 4.20. The van der Waals surface area contributed by atoms with Gasteiger partial charge in [0.05, 0.1) is 11.4 Å². The topological polar surface area (TPSA) is 49.3 Å². The molecule has 0 heterocycles. The van der Waals surface area contributed by atoms with Crippen LogP contribution in [0.5, 0.6) is 5.75 Å². The molecule has 2 N–H and O–H groups in total. The smallest absolute Gasteiger partial charge is 0.229 e. The monoisotopic (exact) mass is 297 g/mol. The summed E-state index contributed by atoms with van der Waals surface area (Å²) >= 11 is 5.63. The summed E-state index contributed by atoms with van der Waals surface area (Å²) in [5.41, 5.74) is -0.0168. The number of anilines is 1. The van der Waals surface area contributed by atoms with Crippen molar-refractivity contribution in [3.8, 4) is 5.75 Å². The number of benzene rings is 2. The molecule has 6 heteroatoms. The van der Waals surface area contributed by atoms with Crippen molar-refractivity contribution in [1.29, 1.82) is 0 Å². The van der Waals surface area contributed by atoms with Crippen molar-refractivity contribution in [2.45, 2.75) is 6.42 Å². The summed E-state index contributed by atoms with van der Waals surface area (Å²) < 4.78 is 26.8. The molecule has 0 saturated carbocycles. The third-order valence-electron chi connectivity index (χ3n) is 2.63. The first-order chi connectivity index (χ1) is 9.47. The van der Waals surface area contributed by atoms with Crippen LogP contribution in [-0.4, -0.2) is 11.0 Å². The van der Waals surface area contributed by atoms with Gasteiger partial charge in [0.2, 0.25) is 5.91 Å². The van der Waals surface area contributed by atoms with Gasteiger partial charge in [0.1, 0.15) is 17.4 Å². The van der Waals surface area contributed by atoms with Crippen molar-refractivity contribution in [2.75, 3.05) is 5.32 Å². The Balaban J connectivity index is 2.11. The number of nitrogens with one attached hydrogen (secondary N) is 1. The highest BCUT2D eigenvalue weighted by molar-refractivity contribution is 6.32. The normalized spacial score (nSPS) is 10.3. The van der Waals surface area contributed by atoms with Gasteiger partial charge in [0.25, 0.3) is 0 Å². The Morgan fingerprint density at radius 2 is 1.85 bits per heavy atom. The zero-order chi connectivity index (χ0) is 14.7. The number of amides is 1. The van der Waals surface area contributed by atoms with Gasteiger partial charge in [-0.3, -0.25) is 4.79 Å². The maximum atomic E-state index is 13.4. The second-order valence-corrected chi connectivity index (χ2v) is 4.50. The molecule has 1 amide bonds. The van der Waals surface area contributed by atoms with E-state index >= 15 is 0 Å². The van der Waals surface area contributed by atoms with Crippen molar-refractivity contribution in [2.24, 2.45) is 0 Å². The first-order valence-electron chi connectivity index (χ1n) is 5.68. The lowest BCUT2D eigenvalue weighted by Gasteiger charge is -2.07. The number of halogens is 3. The van der Waals surface area contributed by atoms with Gasteiger partial charge in [-0.2, -0.15) is 0 Å². The van der Waals surface area contributed by atoms with Gasteiger partial charge >= 0.3 is 0 Å². The predicted molar refractivity (Wildman–Crippen MR) is 71.8 cm³/mol. The summed E-state index contributed by atoms with van der Waals surface area (Å²) in [4.78, 5) is 11.7. The lowest BCUT2D eigenvalue weighted by molar-refractivity contribution is -0.115. The lowest BCUT2D eigenvalue weighted by atomic mass is 10.1. The summed E-state index contributed by atoms with van der Waals surface area (Å²) in [6, 6.07) is 7.51. The van der Waals surface area contributed by atoms with Crippen LogP contribution in [0.4, 0.5) is 14.5 Å². The number of aromatic hydroxyl groups is 1. The minimum Gasteiger partial charge on any atom is -0.506 e. The molecule has 0 fully saturated rings. The maximum absolute atomic E-state index is 13.4. The number of carbonyl (C=O) groups is 1. The fourth-order valence-corrected chi connectivity index (χ4v) is 1.77.